The molecule has 0 bridgehead atoms. The van der Waals surface area contributed by atoms with Crippen molar-refractivity contribution in [1.29, 1.82) is 0 Å². The van der Waals surface area contributed by atoms with Gasteiger partial charge in [0, 0.05) is 6.61 Å². The second-order valence-electron chi connectivity index (χ2n) is 5.39. The van der Waals surface area contributed by atoms with Crippen LogP contribution >= 0.6 is 0 Å². The van der Waals surface area contributed by atoms with Crippen LogP contribution in [0.5, 0.6) is 0 Å². The Morgan fingerprint density at radius 3 is 1.88 bits per heavy atom. The molecule has 0 aliphatic carbocycles. The van der Waals surface area contributed by atoms with E-state index in [-0.39, 0.29) is 19.6 Å². The van der Waals surface area contributed by atoms with E-state index in [1.807, 2.05) is 60.7 Å². The molecule has 5 nitrogen and oxygen atoms in total. The van der Waals surface area contributed by atoms with Crippen molar-refractivity contribution in [3.63, 3.8) is 0 Å². The van der Waals surface area contributed by atoms with Gasteiger partial charge < -0.3 is 14.2 Å². The van der Waals surface area contributed by atoms with E-state index in [0.717, 1.165) is 11.1 Å². The highest BCUT2D eigenvalue weighted by molar-refractivity contribution is 5.81. The van der Waals surface area contributed by atoms with Crippen molar-refractivity contribution in [3.05, 3.63) is 71.8 Å². The second kappa shape index (κ2) is 10.3. The second-order valence-corrected chi connectivity index (χ2v) is 5.39. The summed E-state index contributed by atoms with van der Waals surface area (Å²) in [6, 6.07) is 18.7. The van der Waals surface area contributed by atoms with E-state index in [2.05, 4.69) is 0 Å². The molecule has 132 valence electrons. The molecule has 0 spiro atoms. The number of esters is 2. The Morgan fingerprint density at radius 1 is 0.840 bits per heavy atom. The SMILES string of the molecule is CCO[C@H](CC(=O)OCc1ccccc1)C(=O)OCc1ccccc1. The predicted octanol–water partition coefficient (Wildman–Crippen LogP) is 3.27. The summed E-state index contributed by atoms with van der Waals surface area (Å²) in [5.41, 5.74) is 1.76. The minimum atomic E-state index is -0.961. The van der Waals surface area contributed by atoms with Gasteiger partial charge in [-0.3, -0.25) is 4.79 Å². The monoisotopic (exact) mass is 342 g/mol. The normalized spacial score (nSPS) is 11.6. The van der Waals surface area contributed by atoms with Gasteiger partial charge in [0.1, 0.15) is 13.2 Å². The van der Waals surface area contributed by atoms with E-state index in [1.165, 1.54) is 0 Å². The largest absolute Gasteiger partial charge is 0.461 e. The minimum absolute atomic E-state index is 0.141. The molecule has 2 aromatic carbocycles. The van der Waals surface area contributed by atoms with Crippen molar-refractivity contribution in [2.45, 2.75) is 32.7 Å². The van der Waals surface area contributed by atoms with Gasteiger partial charge in [-0.25, -0.2) is 4.79 Å². The van der Waals surface area contributed by atoms with Crippen LogP contribution in [0.4, 0.5) is 0 Å². The fourth-order valence-electron chi connectivity index (χ4n) is 2.18. The van der Waals surface area contributed by atoms with Crippen molar-refractivity contribution < 1.29 is 23.8 Å². The van der Waals surface area contributed by atoms with Crippen LogP contribution in [0.3, 0.4) is 0 Å². The standard InChI is InChI=1S/C20H22O5/c1-2-23-18(20(22)25-15-17-11-7-4-8-12-17)13-19(21)24-14-16-9-5-3-6-10-16/h3-12,18H,2,13-15H2,1H3/t18-/m1/s1. The molecule has 0 heterocycles. The summed E-state index contributed by atoms with van der Waals surface area (Å²) in [5, 5.41) is 0. The van der Waals surface area contributed by atoms with E-state index in [1.54, 1.807) is 6.92 Å². The van der Waals surface area contributed by atoms with Gasteiger partial charge in [0.05, 0.1) is 6.42 Å². The van der Waals surface area contributed by atoms with Gasteiger partial charge in [-0.05, 0) is 18.1 Å². The van der Waals surface area contributed by atoms with Gasteiger partial charge in [-0.2, -0.15) is 0 Å². The Kier molecular flexibility index (Phi) is 7.66. The molecule has 5 heteroatoms. The summed E-state index contributed by atoms with van der Waals surface area (Å²) >= 11 is 0. The maximum absolute atomic E-state index is 12.2. The highest BCUT2D eigenvalue weighted by atomic mass is 16.6. The van der Waals surface area contributed by atoms with Crippen LogP contribution in [0.25, 0.3) is 0 Å². The summed E-state index contributed by atoms with van der Waals surface area (Å²) in [6.07, 6.45) is -1.13. The molecule has 25 heavy (non-hydrogen) atoms. The van der Waals surface area contributed by atoms with Crippen LogP contribution in [-0.4, -0.2) is 24.6 Å². The Balaban J connectivity index is 1.81. The number of carbonyl (C=O) groups excluding carboxylic acids is 2. The zero-order chi connectivity index (χ0) is 17.9. The zero-order valence-electron chi connectivity index (χ0n) is 14.2. The molecule has 0 aromatic heterocycles. The third kappa shape index (κ3) is 6.77. The smallest absolute Gasteiger partial charge is 0.336 e. The minimum Gasteiger partial charge on any atom is -0.461 e. The van der Waals surface area contributed by atoms with Crippen molar-refractivity contribution >= 4 is 11.9 Å². The first kappa shape index (κ1) is 18.7. The molecular weight excluding hydrogens is 320 g/mol. The molecular formula is C20H22O5. The fraction of sp³-hybridized carbons (Fsp3) is 0.300. The number of ether oxygens (including phenoxy) is 3. The Bertz CT molecular complexity index is 654. The molecule has 0 unspecified atom stereocenters. The number of hydrogen-bond donors (Lipinski definition) is 0. The first-order valence-corrected chi connectivity index (χ1v) is 8.20. The van der Waals surface area contributed by atoms with Crippen LogP contribution in [0.2, 0.25) is 0 Å². The lowest BCUT2D eigenvalue weighted by Crippen LogP contribution is -2.30. The number of hydrogen-bond acceptors (Lipinski definition) is 5. The lowest BCUT2D eigenvalue weighted by atomic mass is 10.2. The van der Waals surface area contributed by atoms with Gasteiger partial charge in [0.15, 0.2) is 6.10 Å². The number of rotatable bonds is 9. The van der Waals surface area contributed by atoms with Crippen molar-refractivity contribution in [3.8, 4) is 0 Å². The maximum atomic E-state index is 12.2. The predicted molar refractivity (Wildman–Crippen MR) is 92.5 cm³/mol. The molecule has 2 rings (SSSR count). The molecule has 0 saturated heterocycles. The highest BCUT2D eigenvalue weighted by Crippen LogP contribution is 2.09. The van der Waals surface area contributed by atoms with E-state index in [9.17, 15) is 9.59 Å². The molecule has 0 radical (unpaired) electrons. The van der Waals surface area contributed by atoms with Crippen molar-refractivity contribution in [2.24, 2.45) is 0 Å². The van der Waals surface area contributed by atoms with E-state index in [4.69, 9.17) is 14.2 Å². The third-order valence-electron chi connectivity index (χ3n) is 3.45. The first-order chi connectivity index (χ1) is 12.2. The zero-order valence-corrected chi connectivity index (χ0v) is 14.2. The topological polar surface area (TPSA) is 61.8 Å². The average molecular weight is 342 g/mol. The van der Waals surface area contributed by atoms with Gasteiger partial charge >= 0.3 is 11.9 Å². The van der Waals surface area contributed by atoms with Gasteiger partial charge in [-0.1, -0.05) is 60.7 Å². The summed E-state index contributed by atoms with van der Waals surface area (Å²) in [5.74, 6) is -1.07. The van der Waals surface area contributed by atoms with E-state index >= 15 is 0 Å². The lowest BCUT2D eigenvalue weighted by Gasteiger charge is -2.15. The first-order valence-electron chi connectivity index (χ1n) is 8.20. The van der Waals surface area contributed by atoms with Crippen LogP contribution in [0.15, 0.2) is 60.7 Å². The molecule has 1 atom stereocenters. The molecule has 0 saturated carbocycles. The van der Waals surface area contributed by atoms with Gasteiger partial charge in [0.25, 0.3) is 0 Å². The number of carbonyl (C=O) groups is 2. The van der Waals surface area contributed by atoms with Crippen LogP contribution < -0.4 is 0 Å². The Labute approximate surface area is 147 Å². The molecule has 0 aliphatic heterocycles. The van der Waals surface area contributed by atoms with Crippen molar-refractivity contribution in [1.82, 2.24) is 0 Å². The van der Waals surface area contributed by atoms with Crippen LogP contribution in [-0.2, 0) is 37.0 Å². The quantitative estimate of drug-likeness (QED) is 0.655. The Hall–Kier alpha value is -2.66. The molecule has 0 N–H and O–H groups in total. The van der Waals surface area contributed by atoms with Crippen molar-refractivity contribution in [2.75, 3.05) is 6.61 Å². The molecule has 0 fully saturated rings. The molecule has 0 aliphatic rings. The van der Waals surface area contributed by atoms with Crippen LogP contribution in [0, 0.1) is 0 Å². The van der Waals surface area contributed by atoms with Gasteiger partial charge in [-0.15, -0.1) is 0 Å². The average Bonchev–Trinajstić information content (AvgIpc) is 2.66. The summed E-state index contributed by atoms with van der Waals surface area (Å²) in [4.78, 5) is 24.1. The number of benzene rings is 2. The lowest BCUT2D eigenvalue weighted by molar-refractivity contribution is -0.165. The summed E-state index contributed by atoms with van der Waals surface area (Å²) < 4.78 is 15.8. The molecule has 2 aromatic rings. The Morgan fingerprint density at radius 2 is 1.36 bits per heavy atom. The summed E-state index contributed by atoms with van der Waals surface area (Å²) in [6.45, 7) is 2.36. The maximum Gasteiger partial charge on any atom is 0.336 e. The van der Waals surface area contributed by atoms with Crippen LogP contribution in [0.1, 0.15) is 24.5 Å². The fourth-order valence-corrected chi connectivity index (χ4v) is 2.18. The van der Waals surface area contributed by atoms with E-state index in [0.29, 0.717) is 6.61 Å². The molecule has 0 amide bonds. The van der Waals surface area contributed by atoms with Gasteiger partial charge in [0.2, 0.25) is 0 Å². The third-order valence-corrected chi connectivity index (χ3v) is 3.45. The van der Waals surface area contributed by atoms with E-state index < -0.39 is 18.0 Å². The summed E-state index contributed by atoms with van der Waals surface area (Å²) in [7, 11) is 0. The highest BCUT2D eigenvalue weighted by Gasteiger charge is 2.24.